The molecule has 20 heavy (non-hydrogen) atoms. The third-order valence-corrected chi connectivity index (χ3v) is 4.24. The van der Waals surface area contributed by atoms with Gasteiger partial charge in [0.25, 0.3) is 0 Å². The van der Waals surface area contributed by atoms with E-state index < -0.39 is 5.82 Å². The molecule has 0 radical (unpaired) electrons. The van der Waals surface area contributed by atoms with Crippen molar-refractivity contribution in [1.82, 2.24) is 4.90 Å². The summed E-state index contributed by atoms with van der Waals surface area (Å²) in [6, 6.07) is 4.60. The number of hydrogen-bond donors (Lipinski definition) is 0. The molecule has 108 valence electrons. The van der Waals surface area contributed by atoms with Gasteiger partial charge in [0, 0.05) is 12.5 Å². The molecule has 0 aliphatic carbocycles. The molecule has 0 N–H and O–H groups in total. The summed E-state index contributed by atoms with van der Waals surface area (Å²) in [6.07, 6.45) is 4.38. The Bertz CT molecular complexity index is 497. The predicted octanol–water partition coefficient (Wildman–Crippen LogP) is 2.89. The number of likely N-dealkylation sites (tertiary alicyclic amines) is 1. The average Bonchev–Trinajstić information content (AvgIpc) is 2.62. The zero-order valence-corrected chi connectivity index (χ0v) is 11.6. The number of piperidine rings is 1. The first-order valence-electron chi connectivity index (χ1n) is 7.43. The van der Waals surface area contributed by atoms with Gasteiger partial charge in [0.05, 0.1) is 12.2 Å². The highest BCUT2D eigenvalue weighted by Crippen LogP contribution is 2.30. The lowest BCUT2D eigenvalue weighted by atomic mass is 9.94. The molecule has 2 aliphatic rings. The second-order valence-electron chi connectivity index (χ2n) is 5.68. The summed E-state index contributed by atoms with van der Waals surface area (Å²) in [4.78, 5) is 14.9. The largest absolute Gasteiger partial charge is 0.490 e. The predicted molar refractivity (Wildman–Crippen MR) is 74.6 cm³/mol. The van der Waals surface area contributed by atoms with Gasteiger partial charge in [0.2, 0.25) is 0 Å². The number of halogens is 1. The first-order chi connectivity index (χ1) is 9.75. The Hall–Kier alpha value is -1.42. The Morgan fingerprint density at radius 3 is 2.85 bits per heavy atom. The number of Topliss-reactive ketones (excluding diaryl/α,β-unsaturated/α-hetero) is 1. The molecule has 1 fully saturated rings. The van der Waals surface area contributed by atoms with E-state index in [0.29, 0.717) is 18.6 Å². The van der Waals surface area contributed by atoms with E-state index in [4.69, 9.17) is 4.74 Å². The molecule has 2 aliphatic heterocycles. The fraction of sp³-hybridized carbons (Fsp3) is 0.562. The SMILES string of the molecule is O=C1c2cccc(F)c2OCCC1CN1CCCCC1. The quantitative estimate of drug-likeness (QED) is 0.832. The van der Waals surface area contributed by atoms with Crippen LogP contribution < -0.4 is 4.74 Å². The second-order valence-corrected chi connectivity index (χ2v) is 5.68. The Balaban J connectivity index is 1.78. The number of ether oxygens (including phenoxy) is 1. The van der Waals surface area contributed by atoms with Gasteiger partial charge in [-0.15, -0.1) is 0 Å². The Morgan fingerprint density at radius 1 is 1.25 bits per heavy atom. The van der Waals surface area contributed by atoms with Gasteiger partial charge in [-0.3, -0.25) is 4.79 Å². The van der Waals surface area contributed by atoms with Gasteiger partial charge in [-0.25, -0.2) is 4.39 Å². The number of carbonyl (C=O) groups excluding carboxylic acids is 1. The number of rotatable bonds is 2. The summed E-state index contributed by atoms with van der Waals surface area (Å²) in [5, 5.41) is 0. The number of fused-ring (bicyclic) bond motifs is 1. The maximum atomic E-state index is 13.7. The van der Waals surface area contributed by atoms with Crippen LogP contribution in [0.15, 0.2) is 18.2 Å². The van der Waals surface area contributed by atoms with Gasteiger partial charge in [0.1, 0.15) is 0 Å². The highest BCUT2D eigenvalue weighted by molar-refractivity contribution is 6.00. The number of ketones is 1. The zero-order valence-electron chi connectivity index (χ0n) is 11.6. The Morgan fingerprint density at radius 2 is 2.05 bits per heavy atom. The Labute approximate surface area is 118 Å². The van der Waals surface area contributed by atoms with Crippen LogP contribution in [0.4, 0.5) is 4.39 Å². The lowest BCUT2D eigenvalue weighted by Crippen LogP contribution is -2.36. The topological polar surface area (TPSA) is 29.5 Å². The molecule has 1 unspecified atom stereocenters. The van der Waals surface area contributed by atoms with Crippen LogP contribution in [0.5, 0.6) is 5.75 Å². The second kappa shape index (κ2) is 5.92. The van der Waals surface area contributed by atoms with E-state index in [1.807, 2.05) is 0 Å². The number of hydrogen-bond acceptors (Lipinski definition) is 3. The number of para-hydroxylation sites is 1. The van der Waals surface area contributed by atoms with Gasteiger partial charge < -0.3 is 9.64 Å². The van der Waals surface area contributed by atoms with Gasteiger partial charge in [-0.05, 0) is 44.5 Å². The standard InChI is InChI=1S/C16H20FNO2/c17-14-6-4-5-13-15(19)12(7-10-20-16(13)14)11-18-8-2-1-3-9-18/h4-6,12H,1-3,7-11H2. The molecule has 4 heteroatoms. The van der Waals surface area contributed by atoms with Crippen LogP contribution in [-0.2, 0) is 0 Å². The summed E-state index contributed by atoms with van der Waals surface area (Å²) < 4.78 is 19.2. The van der Waals surface area contributed by atoms with Crippen LogP contribution in [0.3, 0.4) is 0 Å². The van der Waals surface area contributed by atoms with Gasteiger partial charge in [0.15, 0.2) is 17.3 Å². The molecule has 1 aromatic carbocycles. The monoisotopic (exact) mass is 277 g/mol. The minimum atomic E-state index is -0.436. The molecular weight excluding hydrogens is 257 g/mol. The molecule has 3 nitrogen and oxygen atoms in total. The zero-order chi connectivity index (χ0) is 13.9. The summed E-state index contributed by atoms with van der Waals surface area (Å²) >= 11 is 0. The highest BCUT2D eigenvalue weighted by atomic mass is 19.1. The summed E-state index contributed by atoms with van der Waals surface area (Å²) in [7, 11) is 0. The molecule has 0 saturated carbocycles. The van der Waals surface area contributed by atoms with Crippen molar-refractivity contribution in [3.05, 3.63) is 29.6 Å². The van der Waals surface area contributed by atoms with E-state index in [-0.39, 0.29) is 17.5 Å². The number of carbonyl (C=O) groups is 1. The van der Waals surface area contributed by atoms with Crippen molar-refractivity contribution in [3.8, 4) is 5.75 Å². The molecular formula is C16H20FNO2. The third kappa shape index (κ3) is 2.70. The fourth-order valence-electron chi connectivity index (χ4n) is 3.13. The van der Waals surface area contributed by atoms with Gasteiger partial charge >= 0.3 is 0 Å². The molecule has 1 atom stereocenters. The van der Waals surface area contributed by atoms with Crippen molar-refractivity contribution in [2.75, 3.05) is 26.2 Å². The average molecular weight is 277 g/mol. The van der Waals surface area contributed by atoms with Crippen LogP contribution in [0.2, 0.25) is 0 Å². The van der Waals surface area contributed by atoms with Crippen molar-refractivity contribution in [2.45, 2.75) is 25.7 Å². The normalized spacial score (nSPS) is 23.9. The third-order valence-electron chi connectivity index (χ3n) is 4.24. The van der Waals surface area contributed by atoms with Crippen molar-refractivity contribution < 1.29 is 13.9 Å². The molecule has 1 saturated heterocycles. The maximum Gasteiger partial charge on any atom is 0.171 e. The van der Waals surface area contributed by atoms with Gasteiger partial charge in [-0.1, -0.05) is 12.5 Å². The molecule has 0 bridgehead atoms. The van der Waals surface area contributed by atoms with E-state index in [9.17, 15) is 9.18 Å². The minimum absolute atomic E-state index is 0.0302. The van der Waals surface area contributed by atoms with Crippen LogP contribution >= 0.6 is 0 Å². The fourth-order valence-corrected chi connectivity index (χ4v) is 3.13. The molecule has 0 spiro atoms. The Kier molecular flexibility index (Phi) is 4.01. The van der Waals surface area contributed by atoms with Crippen molar-refractivity contribution in [2.24, 2.45) is 5.92 Å². The molecule has 0 aromatic heterocycles. The summed E-state index contributed by atoms with van der Waals surface area (Å²) in [5.74, 6) is -0.341. The lowest BCUT2D eigenvalue weighted by molar-refractivity contribution is 0.0859. The summed E-state index contributed by atoms with van der Waals surface area (Å²) in [6.45, 7) is 3.33. The van der Waals surface area contributed by atoms with Crippen molar-refractivity contribution in [3.63, 3.8) is 0 Å². The first-order valence-corrected chi connectivity index (χ1v) is 7.43. The van der Waals surface area contributed by atoms with Crippen LogP contribution in [-0.4, -0.2) is 36.9 Å². The molecule has 2 heterocycles. The number of benzene rings is 1. The van der Waals surface area contributed by atoms with E-state index in [1.54, 1.807) is 12.1 Å². The van der Waals surface area contributed by atoms with E-state index in [0.717, 1.165) is 19.6 Å². The van der Waals surface area contributed by atoms with Crippen LogP contribution in [0.25, 0.3) is 0 Å². The smallest absolute Gasteiger partial charge is 0.171 e. The lowest BCUT2D eigenvalue weighted by Gasteiger charge is -2.29. The highest BCUT2D eigenvalue weighted by Gasteiger charge is 2.29. The van der Waals surface area contributed by atoms with Crippen molar-refractivity contribution >= 4 is 5.78 Å². The van der Waals surface area contributed by atoms with E-state index in [1.165, 1.54) is 25.3 Å². The minimum Gasteiger partial charge on any atom is -0.490 e. The van der Waals surface area contributed by atoms with E-state index >= 15 is 0 Å². The molecule has 0 amide bonds. The van der Waals surface area contributed by atoms with Crippen LogP contribution in [0.1, 0.15) is 36.0 Å². The van der Waals surface area contributed by atoms with E-state index in [2.05, 4.69) is 4.90 Å². The van der Waals surface area contributed by atoms with Crippen LogP contribution in [0, 0.1) is 11.7 Å². The maximum absolute atomic E-state index is 13.7. The van der Waals surface area contributed by atoms with Crippen molar-refractivity contribution in [1.29, 1.82) is 0 Å². The summed E-state index contributed by atoms with van der Waals surface area (Å²) in [5.41, 5.74) is 0.407. The first kappa shape index (κ1) is 13.6. The molecule has 3 rings (SSSR count). The number of nitrogens with zero attached hydrogens (tertiary/aromatic N) is 1. The molecule has 1 aromatic rings. The van der Waals surface area contributed by atoms with Gasteiger partial charge in [-0.2, -0.15) is 0 Å².